The van der Waals surface area contributed by atoms with Crippen molar-refractivity contribution in [3.05, 3.63) is 48.4 Å². The fourth-order valence-electron chi connectivity index (χ4n) is 1.96. The molecule has 6 nitrogen and oxygen atoms in total. The lowest BCUT2D eigenvalue weighted by Gasteiger charge is -2.09. The van der Waals surface area contributed by atoms with Gasteiger partial charge in [0.1, 0.15) is 0 Å². The van der Waals surface area contributed by atoms with Gasteiger partial charge in [-0.1, -0.05) is 19.4 Å². The van der Waals surface area contributed by atoms with Crippen molar-refractivity contribution in [3.8, 4) is 0 Å². The van der Waals surface area contributed by atoms with Crippen LogP contribution in [0.2, 0.25) is 0 Å². The lowest BCUT2D eigenvalue weighted by Crippen LogP contribution is -2.30. The number of hydrogen-bond acceptors (Lipinski definition) is 4. The molecule has 1 aromatic carbocycles. The Morgan fingerprint density at radius 3 is 2.70 bits per heavy atom. The predicted octanol–water partition coefficient (Wildman–Crippen LogP) is 2.86. The first-order chi connectivity index (χ1) is 11.2. The molecule has 2 amide bonds. The van der Waals surface area contributed by atoms with Gasteiger partial charge in [-0.25, -0.2) is 0 Å². The van der Waals surface area contributed by atoms with Crippen molar-refractivity contribution in [3.63, 3.8) is 0 Å². The van der Waals surface area contributed by atoms with E-state index in [0.29, 0.717) is 12.2 Å². The standard InChI is InChI=1S/C17H21N3O3/c1-2-3-9-18-16(21)12-19-13-6-4-7-14(11-13)20-17(22)15-8-5-10-23-15/h4-8,10-11,19H,2-3,9,12H2,1H3,(H,18,21)(H,20,22). The van der Waals surface area contributed by atoms with E-state index in [1.54, 1.807) is 30.3 Å². The molecule has 1 heterocycles. The Balaban J connectivity index is 1.85. The molecule has 0 fully saturated rings. The van der Waals surface area contributed by atoms with Crippen LogP contribution in [0.1, 0.15) is 30.3 Å². The summed E-state index contributed by atoms with van der Waals surface area (Å²) in [4.78, 5) is 23.6. The van der Waals surface area contributed by atoms with Gasteiger partial charge in [-0.2, -0.15) is 0 Å². The second-order valence-corrected chi connectivity index (χ2v) is 5.07. The highest BCUT2D eigenvalue weighted by molar-refractivity contribution is 6.02. The molecule has 0 radical (unpaired) electrons. The van der Waals surface area contributed by atoms with Gasteiger partial charge in [0.2, 0.25) is 5.91 Å². The molecule has 2 aromatic rings. The maximum atomic E-state index is 11.9. The Labute approximate surface area is 135 Å². The van der Waals surface area contributed by atoms with Gasteiger partial charge in [-0.15, -0.1) is 0 Å². The monoisotopic (exact) mass is 315 g/mol. The van der Waals surface area contributed by atoms with E-state index in [2.05, 4.69) is 22.9 Å². The van der Waals surface area contributed by atoms with E-state index in [-0.39, 0.29) is 24.1 Å². The summed E-state index contributed by atoms with van der Waals surface area (Å²) >= 11 is 0. The fraction of sp³-hybridized carbons (Fsp3) is 0.294. The summed E-state index contributed by atoms with van der Waals surface area (Å²) in [6, 6.07) is 10.4. The zero-order chi connectivity index (χ0) is 16.5. The van der Waals surface area contributed by atoms with Crippen LogP contribution in [0.3, 0.4) is 0 Å². The van der Waals surface area contributed by atoms with Crippen LogP contribution in [-0.2, 0) is 4.79 Å². The maximum Gasteiger partial charge on any atom is 0.291 e. The number of furan rings is 1. The summed E-state index contributed by atoms with van der Waals surface area (Å²) in [7, 11) is 0. The Bertz CT molecular complexity index is 638. The number of carbonyl (C=O) groups excluding carboxylic acids is 2. The molecular weight excluding hydrogens is 294 g/mol. The molecule has 0 spiro atoms. The van der Waals surface area contributed by atoms with Crippen LogP contribution in [0.4, 0.5) is 11.4 Å². The number of hydrogen-bond donors (Lipinski definition) is 3. The minimum atomic E-state index is -0.315. The first-order valence-corrected chi connectivity index (χ1v) is 7.64. The molecule has 0 aliphatic rings. The first-order valence-electron chi connectivity index (χ1n) is 7.64. The minimum absolute atomic E-state index is 0.0523. The molecule has 0 bridgehead atoms. The third-order valence-corrected chi connectivity index (χ3v) is 3.17. The topological polar surface area (TPSA) is 83.4 Å². The molecule has 23 heavy (non-hydrogen) atoms. The number of rotatable bonds is 8. The molecule has 0 atom stereocenters. The van der Waals surface area contributed by atoms with Crippen LogP contribution < -0.4 is 16.0 Å². The third-order valence-electron chi connectivity index (χ3n) is 3.17. The van der Waals surface area contributed by atoms with Gasteiger partial charge in [-0.05, 0) is 36.8 Å². The maximum absolute atomic E-state index is 11.9. The lowest BCUT2D eigenvalue weighted by molar-refractivity contribution is -0.119. The van der Waals surface area contributed by atoms with Crippen molar-refractivity contribution in [2.45, 2.75) is 19.8 Å². The highest BCUT2D eigenvalue weighted by Gasteiger charge is 2.09. The van der Waals surface area contributed by atoms with Gasteiger partial charge in [0.05, 0.1) is 12.8 Å². The third kappa shape index (κ3) is 5.50. The van der Waals surface area contributed by atoms with Gasteiger partial charge in [0, 0.05) is 17.9 Å². The van der Waals surface area contributed by atoms with Crippen molar-refractivity contribution in [2.24, 2.45) is 0 Å². The van der Waals surface area contributed by atoms with E-state index >= 15 is 0 Å². The molecule has 2 rings (SSSR count). The van der Waals surface area contributed by atoms with Gasteiger partial charge >= 0.3 is 0 Å². The van der Waals surface area contributed by atoms with E-state index in [1.807, 2.05) is 6.07 Å². The smallest absolute Gasteiger partial charge is 0.291 e. The summed E-state index contributed by atoms with van der Waals surface area (Å²) in [5.74, 6) is -0.119. The van der Waals surface area contributed by atoms with Crippen LogP contribution >= 0.6 is 0 Å². The summed E-state index contributed by atoms with van der Waals surface area (Å²) in [5, 5.41) is 8.61. The summed E-state index contributed by atoms with van der Waals surface area (Å²) in [6.45, 7) is 2.96. The van der Waals surface area contributed by atoms with Crippen LogP contribution in [0.15, 0.2) is 47.1 Å². The van der Waals surface area contributed by atoms with Crippen LogP contribution in [0, 0.1) is 0 Å². The van der Waals surface area contributed by atoms with Crippen LogP contribution in [-0.4, -0.2) is 24.9 Å². The van der Waals surface area contributed by atoms with E-state index in [4.69, 9.17) is 4.42 Å². The SMILES string of the molecule is CCCCNC(=O)CNc1cccc(NC(=O)c2ccco2)c1. The number of nitrogens with one attached hydrogen (secondary N) is 3. The Morgan fingerprint density at radius 1 is 1.13 bits per heavy atom. The van der Waals surface area contributed by atoms with Gasteiger partial charge in [-0.3, -0.25) is 9.59 Å². The largest absolute Gasteiger partial charge is 0.459 e. The van der Waals surface area contributed by atoms with Gasteiger partial charge in [0.25, 0.3) is 5.91 Å². The Morgan fingerprint density at radius 2 is 1.96 bits per heavy atom. The number of carbonyl (C=O) groups is 2. The number of anilines is 2. The van der Waals surface area contributed by atoms with E-state index in [1.165, 1.54) is 6.26 Å². The van der Waals surface area contributed by atoms with Crippen molar-refractivity contribution in [2.75, 3.05) is 23.7 Å². The van der Waals surface area contributed by atoms with E-state index < -0.39 is 0 Å². The highest BCUT2D eigenvalue weighted by Crippen LogP contribution is 2.16. The molecule has 1 aromatic heterocycles. The fourth-order valence-corrected chi connectivity index (χ4v) is 1.96. The molecule has 122 valence electrons. The number of benzene rings is 1. The molecular formula is C17H21N3O3. The quantitative estimate of drug-likeness (QED) is 0.654. The number of amides is 2. The zero-order valence-corrected chi connectivity index (χ0v) is 13.1. The molecule has 0 unspecified atom stereocenters. The number of unbranched alkanes of at least 4 members (excludes halogenated alkanes) is 1. The van der Waals surface area contributed by atoms with E-state index in [0.717, 1.165) is 18.5 Å². The van der Waals surface area contributed by atoms with Crippen LogP contribution in [0.25, 0.3) is 0 Å². The highest BCUT2D eigenvalue weighted by atomic mass is 16.3. The van der Waals surface area contributed by atoms with Crippen molar-refractivity contribution < 1.29 is 14.0 Å². The average molecular weight is 315 g/mol. The minimum Gasteiger partial charge on any atom is -0.459 e. The average Bonchev–Trinajstić information content (AvgIpc) is 3.08. The van der Waals surface area contributed by atoms with Gasteiger partial charge in [0.15, 0.2) is 5.76 Å². The molecule has 3 N–H and O–H groups in total. The Kier molecular flexibility index (Phi) is 6.23. The predicted molar refractivity (Wildman–Crippen MR) is 89.5 cm³/mol. The second kappa shape index (κ2) is 8.63. The lowest BCUT2D eigenvalue weighted by atomic mass is 10.2. The van der Waals surface area contributed by atoms with Crippen LogP contribution in [0.5, 0.6) is 0 Å². The Hall–Kier alpha value is -2.76. The van der Waals surface area contributed by atoms with Crippen molar-refractivity contribution >= 4 is 23.2 Å². The molecule has 0 aliphatic heterocycles. The molecule has 0 aliphatic carbocycles. The van der Waals surface area contributed by atoms with Gasteiger partial charge < -0.3 is 20.4 Å². The van der Waals surface area contributed by atoms with Crippen molar-refractivity contribution in [1.82, 2.24) is 5.32 Å². The second-order valence-electron chi connectivity index (χ2n) is 5.07. The summed E-state index contributed by atoms with van der Waals surface area (Å²) in [6.07, 6.45) is 3.47. The summed E-state index contributed by atoms with van der Waals surface area (Å²) in [5.41, 5.74) is 1.38. The van der Waals surface area contributed by atoms with E-state index in [9.17, 15) is 9.59 Å². The summed E-state index contributed by atoms with van der Waals surface area (Å²) < 4.78 is 5.04. The van der Waals surface area contributed by atoms with Crippen molar-refractivity contribution in [1.29, 1.82) is 0 Å². The molecule has 6 heteroatoms. The normalized spacial score (nSPS) is 10.1. The molecule has 0 saturated heterocycles. The first kappa shape index (κ1) is 16.6. The zero-order valence-electron chi connectivity index (χ0n) is 13.1. The molecule has 0 saturated carbocycles.